The van der Waals surface area contributed by atoms with Crippen molar-refractivity contribution in [3.8, 4) is 0 Å². The molecule has 1 atom stereocenters. The van der Waals surface area contributed by atoms with Crippen LogP contribution in [0.1, 0.15) is 44.3 Å². The minimum Gasteiger partial charge on any atom is -0.364 e. The molecule has 0 aromatic heterocycles. The number of hydrogen-bond acceptors (Lipinski definition) is 2. The van der Waals surface area contributed by atoms with Gasteiger partial charge in [0.15, 0.2) is 0 Å². The molecule has 1 aliphatic heterocycles. The second-order valence-corrected chi connectivity index (χ2v) is 7.13. The predicted molar refractivity (Wildman–Crippen MR) is 81.2 cm³/mol. The van der Waals surface area contributed by atoms with Crippen LogP contribution in [0.5, 0.6) is 0 Å². The van der Waals surface area contributed by atoms with Crippen LogP contribution in [0.2, 0.25) is 0 Å². The maximum Gasteiger partial charge on any atom is 0.137 e. The van der Waals surface area contributed by atoms with Crippen LogP contribution in [0.4, 0.5) is 4.39 Å². The largest absolute Gasteiger partial charge is 0.364 e. The van der Waals surface area contributed by atoms with Crippen molar-refractivity contribution in [1.29, 1.82) is 0 Å². The fourth-order valence-electron chi connectivity index (χ4n) is 3.30. The Bertz CT molecular complexity index is 485. The minimum atomic E-state index is -0.223. The summed E-state index contributed by atoms with van der Waals surface area (Å²) in [6.45, 7) is 4.06. The fourth-order valence-corrected chi connectivity index (χ4v) is 3.69. The van der Waals surface area contributed by atoms with Crippen LogP contribution in [0.25, 0.3) is 0 Å². The third kappa shape index (κ3) is 2.92. The average molecular weight is 342 g/mol. The van der Waals surface area contributed by atoms with Gasteiger partial charge in [-0.15, -0.1) is 0 Å². The Kier molecular flexibility index (Phi) is 4.16. The third-order valence-electron chi connectivity index (χ3n) is 4.67. The Morgan fingerprint density at radius 1 is 1.35 bits per heavy atom. The van der Waals surface area contributed by atoms with E-state index in [0.29, 0.717) is 4.47 Å². The second kappa shape index (κ2) is 5.74. The zero-order chi connectivity index (χ0) is 14.2. The van der Waals surface area contributed by atoms with Gasteiger partial charge < -0.3 is 10.1 Å². The van der Waals surface area contributed by atoms with E-state index in [2.05, 4.69) is 28.2 Å². The summed E-state index contributed by atoms with van der Waals surface area (Å²) in [5, 5.41) is 3.51. The molecule has 0 radical (unpaired) electrons. The van der Waals surface area contributed by atoms with E-state index in [0.717, 1.165) is 37.4 Å². The lowest BCUT2D eigenvalue weighted by molar-refractivity contribution is -0.140. The molecular formula is C16H21BrFNO. The van der Waals surface area contributed by atoms with Gasteiger partial charge in [-0.3, -0.25) is 0 Å². The Hall–Kier alpha value is -0.450. The molecule has 0 amide bonds. The van der Waals surface area contributed by atoms with Gasteiger partial charge in [-0.1, -0.05) is 13.0 Å². The van der Waals surface area contributed by atoms with Crippen LogP contribution in [0, 0.1) is 11.7 Å². The molecule has 2 nitrogen and oxygen atoms in total. The van der Waals surface area contributed by atoms with Crippen molar-refractivity contribution < 1.29 is 9.13 Å². The maximum absolute atomic E-state index is 13.4. The lowest BCUT2D eigenvalue weighted by atomic mass is 9.78. The van der Waals surface area contributed by atoms with Gasteiger partial charge in [0, 0.05) is 13.1 Å². The summed E-state index contributed by atoms with van der Waals surface area (Å²) in [5.74, 6) is 0.586. The summed E-state index contributed by atoms with van der Waals surface area (Å²) in [5.41, 5.74) is 1.03. The number of ether oxygens (including phenoxy) is 1. The number of halogens is 2. The van der Waals surface area contributed by atoms with Crippen LogP contribution >= 0.6 is 15.9 Å². The monoisotopic (exact) mass is 341 g/mol. The van der Waals surface area contributed by atoms with Crippen molar-refractivity contribution in [3.63, 3.8) is 0 Å². The SMILES string of the molecule is CC1CCC2(CC1)CNCC(c1ccc(F)c(Br)c1)O2. The van der Waals surface area contributed by atoms with Crippen molar-refractivity contribution >= 4 is 15.9 Å². The molecule has 2 aliphatic rings. The van der Waals surface area contributed by atoms with E-state index >= 15 is 0 Å². The number of morpholine rings is 1. The predicted octanol–water partition coefficient (Wildman–Crippen LogP) is 4.20. The smallest absolute Gasteiger partial charge is 0.137 e. The Labute approximate surface area is 128 Å². The Balaban J connectivity index is 1.76. The van der Waals surface area contributed by atoms with Gasteiger partial charge in [-0.25, -0.2) is 4.39 Å². The molecule has 1 saturated heterocycles. The summed E-state index contributed by atoms with van der Waals surface area (Å²) in [7, 11) is 0. The Morgan fingerprint density at radius 2 is 2.10 bits per heavy atom. The molecule has 1 aromatic carbocycles. The minimum absolute atomic E-state index is 0.0176. The first-order chi connectivity index (χ1) is 9.58. The Morgan fingerprint density at radius 3 is 2.80 bits per heavy atom. The maximum atomic E-state index is 13.4. The van der Waals surface area contributed by atoms with E-state index in [1.165, 1.54) is 18.9 Å². The second-order valence-electron chi connectivity index (χ2n) is 6.28. The normalized spacial score (nSPS) is 34.4. The molecule has 0 bridgehead atoms. The molecule has 20 heavy (non-hydrogen) atoms. The summed E-state index contributed by atoms with van der Waals surface area (Å²) in [6, 6.07) is 5.18. The van der Waals surface area contributed by atoms with E-state index in [4.69, 9.17) is 4.74 Å². The van der Waals surface area contributed by atoms with E-state index in [1.807, 2.05) is 12.1 Å². The summed E-state index contributed by atoms with van der Waals surface area (Å²) in [6.07, 6.45) is 4.75. The zero-order valence-electron chi connectivity index (χ0n) is 11.8. The van der Waals surface area contributed by atoms with Gasteiger partial charge in [-0.05, 0) is 65.2 Å². The summed E-state index contributed by atoms with van der Waals surface area (Å²) < 4.78 is 20.3. The zero-order valence-corrected chi connectivity index (χ0v) is 13.4. The molecule has 1 unspecified atom stereocenters. The lowest BCUT2D eigenvalue weighted by Gasteiger charge is -2.45. The van der Waals surface area contributed by atoms with Crippen LogP contribution in [-0.4, -0.2) is 18.7 Å². The summed E-state index contributed by atoms with van der Waals surface area (Å²) in [4.78, 5) is 0. The summed E-state index contributed by atoms with van der Waals surface area (Å²) >= 11 is 3.26. The number of hydrogen-bond donors (Lipinski definition) is 1. The number of nitrogens with one attached hydrogen (secondary N) is 1. The lowest BCUT2D eigenvalue weighted by Crippen LogP contribution is -2.52. The molecule has 110 valence electrons. The molecule has 1 spiro atoms. The molecule has 2 fully saturated rings. The molecular weight excluding hydrogens is 321 g/mol. The highest BCUT2D eigenvalue weighted by atomic mass is 79.9. The fraction of sp³-hybridized carbons (Fsp3) is 0.625. The van der Waals surface area contributed by atoms with Crippen molar-refractivity contribution in [2.45, 2.75) is 44.3 Å². The van der Waals surface area contributed by atoms with Gasteiger partial charge in [0.1, 0.15) is 5.82 Å². The molecule has 4 heteroatoms. The van der Waals surface area contributed by atoms with Gasteiger partial charge in [0.25, 0.3) is 0 Å². The third-order valence-corrected chi connectivity index (χ3v) is 5.28. The van der Waals surface area contributed by atoms with Crippen LogP contribution in [0.15, 0.2) is 22.7 Å². The topological polar surface area (TPSA) is 21.3 Å². The van der Waals surface area contributed by atoms with Gasteiger partial charge >= 0.3 is 0 Å². The van der Waals surface area contributed by atoms with E-state index in [1.54, 1.807) is 0 Å². The van der Waals surface area contributed by atoms with Crippen molar-refractivity contribution in [3.05, 3.63) is 34.1 Å². The van der Waals surface area contributed by atoms with E-state index in [-0.39, 0.29) is 17.5 Å². The van der Waals surface area contributed by atoms with E-state index in [9.17, 15) is 4.39 Å². The van der Waals surface area contributed by atoms with Crippen molar-refractivity contribution in [2.75, 3.05) is 13.1 Å². The number of rotatable bonds is 1. The average Bonchev–Trinajstić information content (AvgIpc) is 2.46. The first-order valence-electron chi connectivity index (χ1n) is 7.41. The standard InChI is InChI=1S/C16H21BrFNO/c1-11-4-6-16(7-5-11)10-19-9-15(20-16)12-2-3-14(18)13(17)8-12/h2-3,8,11,15,19H,4-7,9-10H2,1H3. The van der Waals surface area contributed by atoms with Crippen molar-refractivity contribution in [2.24, 2.45) is 5.92 Å². The molecule has 1 aromatic rings. The van der Waals surface area contributed by atoms with Crippen LogP contribution in [-0.2, 0) is 4.74 Å². The van der Waals surface area contributed by atoms with Crippen LogP contribution < -0.4 is 5.32 Å². The first kappa shape index (κ1) is 14.5. The van der Waals surface area contributed by atoms with Gasteiger partial charge in [0.05, 0.1) is 16.2 Å². The van der Waals surface area contributed by atoms with E-state index < -0.39 is 0 Å². The van der Waals surface area contributed by atoms with Gasteiger partial charge in [-0.2, -0.15) is 0 Å². The molecule has 3 rings (SSSR count). The first-order valence-corrected chi connectivity index (χ1v) is 8.21. The highest BCUT2D eigenvalue weighted by Gasteiger charge is 2.40. The quantitative estimate of drug-likeness (QED) is 0.826. The molecule has 1 N–H and O–H groups in total. The highest BCUT2D eigenvalue weighted by molar-refractivity contribution is 9.10. The van der Waals surface area contributed by atoms with Crippen molar-refractivity contribution in [1.82, 2.24) is 5.32 Å². The highest BCUT2D eigenvalue weighted by Crippen LogP contribution is 2.40. The van der Waals surface area contributed by atoms with Crippen LogP contribution in [0.3, 0.4) is 0 Å². The molecule has 1 aliphatic carbocycles. The molecule has 1 heterocycles. The molecule has 1 saturated carbocycles. The van der Waals surface area contributed by atoms with Gasteiger partial charge in [0.2, 0.25) is 0 Å². The number of benzene rings is 1.